The third-order valence-corrected chi connectivity index (χ3v) is 4.24. The van der Waals surface area contributed by atoms with Gasteiger partial charge in [-0.25, -0.2) is 0 Å². The van der Waals surface area contributed by atoms with E-state index in [1.54, 1.807) is 38.5 Å². The summed E-state index contributed by atoms with van der Waals surface area (Å²) in [5.41, 5.74) is 0.911. The summed E-state index contributed by atoms with van der Waals surface area (Å²) in [6.07, 6.45) is -0.0622. The molecule has 0 unspecified atom stereocenters. The zero-order chi connectivity index (χ0) is 19.1. The zero-order valence-electron chi connectivity index (χ0n) is 15.4. The first kappa shape index (κ1) is 19.9. The van der Waals surface area contributed by atoms with Gasteiger partial charge in [-0.2, -0.15) is 0 Å². The Bertz CT molecular complexity index is 750. The van der Waals surface area contributed by atoms with Crippen LogP contribution in [0.25, 0.3) is 0 Å². The van der Waals surface area contributed by atoms with Crippen LogP contribution in [0.2, 0.25) is 5.02 Å². The van der Waals surface area contributed by atoms with Crippen molar-refractivity contribution in [1.82, 2.24) is 5.32 Å². The van der Waals surface area contributed by atoms with Crippen molar-refractivity contribution in [3.05, 3.63) is 53.1 Å². The van der Waals surface area contributed by atoms with Crippen LogP contribution < -0.4 is 19.5 Å². The lowest BCUT2D eigenvalue weighted by atomic mass is 10.1. The fourth-order valence-corrected chi connectivity index (χ4v) is 2.72. The summed E-state index contributed by atoms with van der Waals surface area (Å²) < 4.78 is 16.3. The minimum atomic E-state index is -0.601. The van der Waals surface area contributed by atoms with Gasteiger partial charge >= 0.3 is 0 Å². The number of methoxy groups -OCH3 is 2. The first-order valence-electron chi connectivity index (χ1n) is 8.43. The highest BCUT2D eigenvalue weighted by molar-refractivity contribution is 6.30. The second-order valence-corrected chi connectivity index (χ2v) is 6.25. The van der Waals surface area contributed by atoms with E-state index in [1.165, 1.54) is 0 Å². The molecule has 1 amide bonds. The van der Waals surface area contributed by atoms with Crippen LogP contribution in [0.15, 0.2) is 42.5 Å². The third-order valence-electron chi connectivity index (χ3n) is 4.00. The summed E-state index contributed by atoms with van der Waals surface area (Å²) in [6.45, 7) is 3.81. The smallest absolute Gasteiger partial charge is 0.261 e. The zero-order valence-corrected chi connectivity index (χ0v) is 16.2. The molecule has 0 aliphatic heterocycles. The number of rotatable bonds is 8. The molecule has 26 heavy (non-hydrogen) atoms. The second kappa shape index (κ2) is 9.34. The van der Waals surface area contributed by atoms with Crippen LogP contribution in [-0.4, -0.2) is 26.2 Å². The molecule has 0 saturated heterocycles. The number of benzene rings is 2. The van der Waals surface area contributed by atoms with E-state index >= 15 is 0 Å². The number of hydrogen-bond donors (Lipinski definition) is 1. The third kappa shape index (κ3) is 5.05. The van der Waals surface area contributed by atoms with Gasteiger partial charge in [-0.05, 0) is 49.2 Å². The molecule has 0 aromatic heterocycles. The van der Waals surface area contributed by atoms with Crippen molar-refractivity contribution in [3.8, 4) is 17.2 Å². The molecule has 0 aliphatic carbocycles. The summed E-state index contributed by atoms with van der Waals surface area (Å²) >= 11 is 5.97. The van der Waals surface area contributed by atoms with Crippen molar-refractivity contribution in [2.24, 2.45) is 0 Å². The molecule has 140 valence electrons. The Balaban J connectivity index is 2.06. The van der Waals surface area contributed by atoms with Gasteiger partial charge in [0.05, 0.1) is 20.3 Å². The predicted octanol–water partition coefficient (Wildman–Crippen LogP) is 4.39. The minimum absolute atomic E-state index is 0.185. The number of hydrogen-bond acceptors (Lipinski definition) is 4. The van der Waals surface area contributed by atoms with Crippen LogP contribution in [0.1, 0.15) is 31.9 Å². The lowest BCUT2D eigenvalue weighted by Gasteiger charge is -2.21. The first-order valence-corrected chi connectivity index (χ1v) is 8.80. The molecule has 2 rings (SSSR count). The first-order chi connectivity index (χ1) is 12.5. The SMILES string of the molecule is CC[C@H](Oc1cccc(Cl)c1)C(=O)N[C@@H](C)c1ccc(OC)c(OC)c1. The molecule has 0 bridgehead atoms. The number of carbonyl (C=O) groups is 1. The van der Waals surface area contributed by atoms with Gasteiger partial charge in [0.25, 0.3) is 5.91 Å². The monoisotopic (exact) mass is 377 g/mol. The van der Waals surface area contributed by atoms with Gasteiger partial charge in [-0.1, -0.05) is 30.7 Å². The Morgan fingerprint density at radius 3 is 2.46 bits per heavy atom. The van der Waals surface area contributed by atoms with Crippen LogP contribution in [0.5, 0.6) is 17.2 Å². The van der Waals surface area contributed by atoms with Crippen LogP contribution in [0.4, 0.5) is 0 Å². The summed E-state index contributed by atoms with van der Waals surface area (Å²) in [4.78, 5) is 12.6. The molecule has 1 N–H and O–H groups in total. The molecule has 6 heteroatoms. The highest BCUT2D eigenvalue weighted by atomic mass is 35.5. The number of carbonyl (C=O) groups excluding carboxylic acids is 1. The molecule has 5 nitrogen and oxygen atoms in total. The van der Waals surface area contributed by atoms with E-state index in [9.17, 15) is 4.79 Å². The molecular formula is C20H24ClNO4. The van der Waals surface area contributed by atoms with Crippen LogP contribution in [0.3, 0.4) is 0 Å². The molecule has 2 aromatic rings. The highest BCUT2D eigenvalue weighted by Crippen LogP contribution is 2.30. The fourth-order valence-electron chi connectivity index (χ4n) is 2.54. The predicted molar refractivity (Wildman–Crippen MR) is 102 cm³/mol. The van der Waals surface area contributed by atoms with Crippen molar-refractivity contribution >= 4 is 17.5 Å². The molecule has 0 aliphatic rings. The summed E-state index contributed by atoms with van der Waals surface area (Å²) in [6, 6.07) is 12.4. The molecule has 0 heterocycles. The normalized spacial score (nSPS) is 12.8. The van der Waals surface area contributed by atoms with Crippen molar-refractivity contribution in [2.45, 2.75) is 32.4 Å². The molecule has 0 radical (unpaired) electrons. The Morgan fingerprint density at radius 2 is 1.85 bits per heavy atom. The number of amides is 1. The van der Waals surface area contributed by atoms with Gasteiger partial charge in [0.1, 0.15) is 5.75 Å². The number of halogens is 1. The van der Waals surface area contributed by atoms with Crippen molar-refractivity contribution in [1.29, 1.82) is 0 Å². The Hall–Kier alpha value is -2.40. The maximum atomic E-state index is 12.6. The minimum Gasteiger partial charge on any atom is -0.493 e. The van der Waals surface area contributed by atoms with E-state index in [4.69, 9.17) is 25.8 Å². The quantitative estimate of drug-likeness (QED) is 0.741. The molecule has 0 saturated carbocycles. The van der Waals surface area contributed by atoms with Crippen molar-refractivity contribution in [2.75, 3.05) is 14.2 Å². The van der Waals surface area contributed by atoms with Crippen molar-refractivity contribution in [3.63, 3.8) is 0 Å². The largest absolute Gasteiger partial charge is 0.493 e. The van der Waals surface area contributed by atoms with E-state index in [2.05, 4.69) is 5.32 Å². The van der Waals surface area contributed by atoms with Crippen LogP contribution in [-0.2, 0) is 4.79 Å². The average Bonchev–Trinajstić information content (AvgIpc) is 2.65. The van der Waals surface area contributed by atoms with Crippen LogP contribution >= 0.6 is 11.6 Å². The summed E-state index contributed by atoms with van der Waals surface area (Å²) in [5.74, 6) is 1.65. The summed E-state index contributed by atoms with van der Waals surface area (Å²) in [7, 11) is 3.17. The van der Waals surface area contributed by atoms with Gasteiger partial charge in [0.2, 0.25) is 0 Å². The lowest BCUT2D eigenvalue weighted by Crippen LogP contribution is -2.39. The summed E-state index contributed by atoms with van der Waals surface area (Å²) in [5, 5.41) is 3.54. The maximum absolute atomic E-state index is 12.6. The van der Waals surface area contributed by atoms with E-state index in [1.807, 2.05) is 32.0 Å². The van der Waals surface area contributed by atoms with Gasteiger partial charge in [0, 0.05) is 5.02 Å². The number of ether oxygens (including phenoxy) is 3. The fraction of sp³-hybridized carbons (Fsp3) is 0.350. The molecule has 2 aromatic carbocycles. The van der Waals surface area contributed by atoms with E-state index < -0.39 is 6.10 Å². The molecule has 0 spiro atoms. The Labute approximate surface area is 159 Å². The topological polar surface area (TPSA) is 56.8 Å². The standard InChI is InChI=1S/C20H24ClNO4/c1-5-17(26-16-8-6-7-15(21)12-16)20(23)22-13(2)14-9-10-18(24-3)19(11-14)25-4/h6-13,17H,5H2,1-4H3,(H,22,23)/t13-,17-/m0/s1. The van der Waals surface area contributed by atoms with Gasteiger partial charge < -0.3 is 19.5 Å². The van der Waals surface area contributed by atoms with Crippen molar-refractivity contribution < 1.29 is 19.0 Å². The average molecular weight is 378 g/mol. The van der Waals surface area contributed by atoms with E-state index in [0.717, 1.165) is 5.56 Å². The molecular weight excluding hydrogens is 354 g/mol. The van der Waals surface area contributed by atoms with Gasteiger partial charge in [-0.3, -0.25) is 4.79 Å². The second-order valence-electron chi connectivity index (χ2n) is 5.82. The Morgan fingerprint density at radius 1 is 1.12 bits per heavy atom. The molecule has 0 fully saturated rings. The van der Waals surface area contributed by atoms with Gasteiger partial charge in [-0.15, -0.1) is 0 Å². The van der Waals surface area contributed by atoms with E-state index in [0.29, 0.717) is 28.7 Å². The molecule has 2 atom stereocenters. The van der Waals surface area contributed by atoms with E-state index in [-0.39, 0.29) is 11.9 Å². The Kier molecular flexibility index (Phi) is 7.16. The lowest BCUT2D eigenvalue weighted by molar-refractivity contribution is -0.128. The number of nitrogens with one attached hydrogen (secondary N) is 1. The van der Waals surface area contributed by atoms with Gasteiger partial charge in [0.15, 0.2) is 17.6 Å². The highest BCUT2D eigenvalue weighted by Gasteiger charge is 2.21. The van der Waals surface area contributed by atoms with Crippen LogP contribution in [0, 0.1) is 0 Å². The maximum Gasteiger partial charge on any atom is 0.261 e.